The van der Waals surface area contributed by atoms with E-state index in [9.17, 15) is 8.42 Å². The van der Waals surface area contributed by atoms with Crippen LogP contribution in [0.4, 0.5) is 0 Å². The number of hydrogen-bond donors (Lipinski definition) is 2. The Hall–Kier alpha value is -0.130. The Kier molecular flexibility index (Phi) is 3.70. The summed E-state index contributed by atoms with van der Waals surface area (Å²) in [7, 11) is -3.05. The SMILES string of the molecule is CS(=O)(=O)NCC1CCCCC1N. The van der Waals surface area contributed by atoms with E-state index < -0.39 is 10.0 Å². The molecule has 78 valence electrons. The Morgan fingerprint density at radius 2 is 2.00 bits per heavy atom. The number of rotatable bonds is 3. The molecule has 0 radical (unpaired) electrons. The molecule has 0 amide bonds. The van der Waals surface area contributed by atoms with Crippen molar-refractivity contribution in [2.24, 2.45) is 11.7 Å². The van der Waals surface area contributed by atoms with Crippen LogP contribution in [0.15, 0.2) is 0 Å². The van der Waals surface area contributed by atoms with Gasteiger partial charge in [-0.05, 0) is 18.8 Å². The van der Waals surface area contributed by atoms with Crippen molar-refractivity contribution in [3.05, 3.63) is 0 Å². The van der Waals surface area contributed by atoms with Gasteiger partial charge < -0.3 is 5.73 Å². The third-order valence-electron chi connectivity index (χ3n) is 2.58. The van der Waals surface area contributed by atoms with Gasteiger partial charge in [-0.25, -0.2) is 13.1 Å². The second-order valence-corrected chi connectivity index (χ2v) is 5.66. The van der Waals surface area contributed by atoms with E-state index in [0.29, 0.717) is 12.5 Å². The van der Waals surface area contributed by atoms with E-state index in [1.165, 1.54) is 19.1 Å². The van der Waals surface area contributed by atoms with Crippen LogP contribution in [0.1, 0.15) is 25.7 Å². The first-order chi connectivity index (χ1) is 5.99. The van der Waals surface area contributed by atoms with E-state index in [-0.39, 0.29) is 6.04 Å². The van der Waals surface area contributed by atoms with Crippen molar-refractivity contribution in [1.82, 2.24) is 4.72 Å². The third kappa shape index (κ3) is 4.06. The predicted molar refractivity (Wildman–Crippen MR) is 52.8 cm³/mol. The average Bonchev–Trinajstić information content (AvgIpc) is 2.01. The molecule has 0 heterocycles. The summed E-state index contributed by atoms with van der Waals surface area (Å²) in [6, 6.07) is 0.169. The second kappa shape index (κ2) is 4.39. The highest BCUT2D eigenvalue weighted by Crippen LogP contribution is 2.22. The zero-order valence-electron chi connectivity index (χ0n) is 7.99. The molecule has 0 aromatic heterocycles. The van der Waals surface area contributed by atoms with Gasteiger partial charge in [0.15, 0.2) is 0 Å². The van der Waals surface area contributed by atoms with Crippen molar-refractivity contribution in [3.8, 4) is 0 Å². The minimum absolute atomic E-state index is 0.169. The third-order valence-corrected chi connectivity index (χ3v) is 3.27. The molecule has 1 aliphatic carbocycles. The molecule has 1 aliphatic rings. The molecule has 4 nitrogen and oxygen atoms in total. The molecular formula is C8H18N2O2S. The predicted octanol–water partition coefficient (Wildman–Crippen LogP) is 0.0531. The fourth-order valence-corrected chi connectivity index (χ4v) is 2.27. The van der Waals surface area contributed by atoms with Crippen LogP contribution >= 0.6 is 0 Å². The van der Waals surface area contributed by atoms with Gasteiger partial charge in [0.25, 0.3) is 0 Å². The van der Waals surface area contributed by atoms with Crippen LogP contribution in [-0.2, 0) is 10.0 Å². The minimum atomic E-state index is -3.05. The Morgan fingerprint density at radius 1 is 1.38 bits per heavy atom. The van der Waals surface area contributed by atoms with Gasteiger partial charge in [-0.3, -0.25) is 0 Å². The minimum Gasteiger partial charge on any atom is -0.327 e. The lowest BCUT2D eigenvalue weighted by Crippen LogP contribution is -2.40. The van der Waals surface area contributed by atoms with Crippen molar-refractivity contribution >= 4 is 10.0 Å². The maximum absolute atomic E-state index is 10.8. The Morgan fingerprint density at radius 3 is 2.54 bits per heavy atom. The van der Waals surface area contributed by atoms with Crippen LogP contribution < -0.4 is 10.5 Å². The van der Waals surface area contributed by atoms with E-state index in [0.717, 1.165) is 12.8 Å². The lowest BCUT2D eigenvalue weighted by molar-refractivity contribution is 0.308. The zero-order chi connectivity index (χ0) is 9.90. The molecule has 0 aromatic carbocycles. The summed E-state index contributed by atoms with van der Waals surface area (Å²) in [5, 5.41) is 0. The van der Waals surface area contributed by atoms with Gasteiger partial charge in [-0.1, -0.05) is 12.8 Å². The van der Waals surface area contributed by atoms with Gasteiger partial charge in [0.2, 0.25) is 10.0 Å². The maximum atomic E-state index is 10.8. The van der Waals surface area contributed by atoms with E-state index in [1.807, 2.05) is 0 Å². The quantitative estimate of drug-likeness (QED) is 0.685. The molecule has 1 rings (SSSR count). The Balaban J connectivity index is 2.35. The molecule has 0 saturated heterocycles. The standard InChI is InChI=1S/C8H18N2O2S/c1-13(11,12)10-6-7-4-2-3-5-8(7)9/h7-8,10H,2-6,9H2,1H3. The van der Waals surface area contributed by atoms with Gasteiger partial charge in [0.05, 0.1) is 6.26 Å². The first kappa shape index (κ1) is 10.9. The summed E-state index contributed by atoms with van der Waals surface area (Å²) < 4.78 is 24.2. The van der Waals surface area contributed by atoms with Crippen LogP contribution in [0.3, 0.4) is 0 Å². The largest absolute Gasteiger partial charge is 0.327 e. The molecule has 0 aromatic rings. The molecule has 3 N–H and O–H groups in total. The van der Waals surface area contributed by atoms with Gasteiger partial charge in [-0.2, -0.15) is 0 Å². The van der Waals surface area contributed by atoms with E-state index >= 15 is 0 Å². The van der Waals surface area contributed by atoms with Crippen LogP contribution in [0.5, 0.6) is 0 Å². The molecule has 1 saturated carbocycles. The maximum Gasteiger partial charge on any atom is 0.208 e. The summed E-state index contributed by atoms with van der Waals surface area (Å²) >= 11 is 0. The molecule has 2 unspecified atom stereocenters. The van der Waals surface area contributed by atoms with E-state index in [1.54, 1.807) is 0 Å². The monoisotopic (exact) mass is 206 g/mol. The fraction of sp³-hybridized carbons (Fsp3) is 1.00. The fourth-order valence-electron chi connectivity index (χ4n) is 1.75. The summed E-state index contributed by atoms with van der Waals surface area (Å²) in [6.45, 7) is 0.500. The van der Waals surface area contributed by atoms with E-state index in [2.05, 4.69) is 4.72 Å². The molecule has 0 aliphatic heterocycles. The number of nitrogens with one attached hydrogen (secondary N) is 1. The number of sulfonamides is 1. The van der Waals surface area contributed by atoms with Crippen molar-refractivity contribution in [1.29, 1.82) is 0 Å². The van der Waals surface area contributed by atoms with Gasteiger partial charge >= 0.3 is 0 Å². The Bertz CT molecular complexity index is 251. The summed E-state index contributed by atoms with van der Waals surface area (Å²) in [5.41, 5.74) is 5.87. The summed E-state index contributed by atoms with van der Waals surface area (Å²) in [6.07, 6.45) is 5.60. The highest BCUT2D eigenvalue weighted by Gasteiger charge is 2.22. The van der Waals surface area contributed by atoms with Crippen LogP contribution in [0.2, 0.25) is 0 Å². The highest BCUT2D eigenvalue weighted by atomic mass is 32.2. The highest BCUT2D eigenvalue weighted by molar-refractivity contribution is 7.88. The van der Waals surface area contributed by atoms with Gasteiger partial charge in [-0.15, -0.1) is 0 Å². The van der Waals surface area contributed by atoms with Crippen molar-refractivity contribution in [2.45, 2.75) is 31.7 Å². The molecule has 1 fully saturated rings. The molecule has 5 heteroatoms. The van der Waals surface area contributed by atoms with Crippen molar-refractivity contribution in [2.75, 3.05) is 12.8 Å². The lowest BCUT2D eigenvalue weighted by Gasteiger charge is -2.28. The smallest absolute Gasteiger partial charge is 0.208 e. The topological polar surface area (TPSA) is 72.2 Å². The zero-order valence-corrected chi connectivity index (χ0v) is 8.81. The Labute approximate surface area is 79.9 Å². The summed E-state index contributed by atoms with van der Waals surface area (Å²) in [4.78, 5) is 0. The lowest BCUT2D eigenvalue weighted by atomic mass is 9.85. The average molecular weight is 206 g/mol. The number of nitrogens with two attached hydrogens (primary N) is 1. The first-order valence-corrected chi connectivity index (χ1v) is 6.58. The molecule has 0 spiro atoms. The normalized spacial score (nSPS) is 30.3. The van der Waals surface area contributed by atoms with Gasteiger partial charge in [0.1, 0.15) is 0 Å². The van der Waals surface area contributed by atoms with Crippen molar-refractivity contribution in [3.63, 3.8) is 0 Å². The summed E-state index contributed by atoms with van der Waals surface area (Å²) in [5.74, 6) is 0.323. The molecule has 0 bridgehead atoms. The van der Waals surface area contributed by atoms with E-state index in [4.69, 9.17) is 5.73 Å². The van der Waals surface area contributed by atoms with Crippen LogP contribution in [0.25, 0.3) is 0 Å². The molecule has 13 heavy (non-hydrogen) atoms. The van der Waals surface area contributed by atoms with Gasteiger partial charge in [0, 0.05) is 12.6 Å². The van der Waals surface area contributed by atoms with Crippen LogP contribution in [0, 0.1) is 5.92 Å². The second-order valence-electron chi connectivity index (χ2n) is 3.83. The van der Waals surface area contributed by atoms with Crippen LogP contribution in [-0.4, -0.2) is 27.3 Å². The first-order valence-electron chi connectivity index (χ1n) is 4.69. The molecule has 2 atom stereocenters. The molecular weight excluding hydrogens is 188 g/mol. The number of hydrogen-bond acceptors (Lipinski definition) is 3. The van der Waals surface area contributed by atoms with Crippen molar-refractivity contribution < 1.29 is 8.42 Å².